The molecule has 0 saturated carbocycles. The third-order valence-corrected chi connectivity index (χ3v) is 3.29. The first kappa shape index (κ1) is 13.6. The topological polar surface area (TPSA) is 62.2 Å². The molecule has 0 spiro atoms. The maximum atomic E-state index is 11.4. The van der Waals surface area contributed by atoms with E-state index in [-0.39, 0.29) is 6.04 Å². The molecule has 0 bridgehead atoms. The van der Waals surface area contributed by atoms with E-state index in [1.807, 2.05) is 32.9 Å². The highest BCUT2D eigenvalue weighted by Gasteiger charge is 2.35. The fourth-order valence-corrected chi connectivity index (χ4v) is 1.95. The van der Waals surface area contributed by atoms with Crippen LogP contribution in [0.1, 0.15) is 45.2 Å². The highest BCUT2D eigenvalue weighted by Crippen LogP contribution is 2.21. The van der Waals surface area contributed by atoms with Crippen molar-refractivity contribution in [3.05, 3.63) is 30.1 Å². The standard InChI is InChI=1S/C13H20N2O2/c1-4-13(5-2,12(16)17)15-10(3)11-7-6-8-14-9-11/h6-10,15H,4-5H2,1-3H3,(H,16,17). The lowest BCUT2D eigenvalue weighted by molar-refractivity contribution is -0.145. The van der Waals surface area contributed by atoms with E-state index in [0.29, 0.717) is 12.8 Å². The lowest BCUT2D eigenvalue weighted by Crippen LogP contribution is -2.52. The predicted molar refractivity (Wildman–Crippen MR) is 66.7 cm³/mol. The van der Waals surface area contributed by atoms with Gasteiger partial charge in [0.2, 0.25) is 0 Å². The highest BCUT2D eigenvalue weighted by atomic mass is 16.4. The molecule has 0 radical (unpaired) electrons. The molecule has 94 valence electrons. The molecule has 1 unspecified atom stereocenters. The number of carbonyl (C=O) groups is 1. The van der Waals surface area contributed by atoms with Gasteiger partial charge in [0.15, 0.2) is 0 Å². The molecule has 0 saturated heterocycles. The molecular formula is C13H20N2O2. The summed E-state index contributed by atoms with van der Waals surface area (Å²) in [7, 11) is 0. The molecule has 0 amide bonds. The lowest BCUT2D eigenvalue weighted by Gasteiger charge is -2.31. The maximum absolute atomic E-state index is 11.4. The van der Waals surface area contributed by atoms with Gasteiger partial charge in [-0.1, -0.05) is 19.9 Å². The Morgan fingerprint density at radius 1 is 1.53 bits per heavy atom. The van der Waals surface area contributed by atoms with E-state index in [0.717, 1.165) is 5.56 Å². The molecule has 1 aromatic rings. The molecule has 0 aliphatic carbocycles. The zero-order chi connectivity index (χ0) is 12.9. The zero-order valence-electron chi connectivity index (χ0n) is 10.6. The average Bonchev–Trinajstić information content (AvgIpc) is 2.36. The number of rotatable bonds is 6. The van der Waals surface area contributed by atoms with Gasteiger partial charge in [0.05, 0.1) is 0 Å². The molecule has 4 heteroatoms. The lowest BCUT2D eigenvalue weighted by atomic mass is 9.91. The first-order valence-electron chi connectivity index (χ1n) is 5.96. The number of hydrogen-bond donors (Lipinski definition) is 2. The van der Waals surface area contributed by atoms with Crippen molar-refractivity contribution in [1.29, 1.82) is 0 Å². The Balaban J connectivity index is 2.85. The second kappa shape index (κ2) is 5.77. The van der Waals surface area contributed by atoms with Gasteiger partial charge in [-0.2, -0.15) is 0 Å². The van der Waals surface area contributed by atoms with E-state index in [1.54, 1.807) is 12.4 Å². The Kier molecular flexibility index (Phi) is 4.63. The minimum Gasteiger partial charge on any atom is -0.480 e. The van der Waals surface area contributed by atoms with Crippen LogP contribution < -0.4 is 5.32 Å². The van der Waals surface area contributed by atoms with Crippen LogP contribution in [0.15, 0.2) is 24.5 Å². The summed E-state index contributed by atoms with van der Waals surface area (Å²) in [4.78, 5) is 15.4. The van der Waals surface area contributed by atoms with Crippen molar-refractivity contribution in [1.82, 2.24) is 10.3 Å². The third kappa shape index (κ3) is 3.03. The maximum Gasteiger partial charge on any atom is 0.323 e. The number of aromatic nitrogens is 1. The van der Waals surface area contributed by atoms with Crippen LogP contribution in [0.3, 0.4) is 0 Å². The van der Waals surface area contributed by atoms with Crippen molar-refractivity contribution in [2.45, 2.75) is 45.2 Å². The Labute approximate surface area is 102 Å². The van der Waals surface area contributed by atoms with Crippen molar-refractivity contribution in [2.75, 3.05) is 0 Å². The fraction of sp³-hybridized carbons (Fsp3) is 0.538. The van der Waals surface area contributed by atoms with Gasteiger partial charge in [-0.15, -0.1) is 0 Å². The molecule has 1 atom stereocenters. The predicted octanol–water partition coefficient (Wildman–Crippen LogP) is 2.38. The summed E-state index contributed by atoms with van der Waals surface area (Å²) >= 11 is 0. The largest absolute Gasteiger partial charge is 0.480 e. The number of nitrogens with zero attached hydrogens (tertiary/aromatic N) is 1. The SMILES string of the molecule is CCC(CC)(NC(C)c1cccnc1)C(=O)O. The average molecular weight is 236 g/mol. The van der Waals surface area contributed by atoms with Gasteiger partial charge in [0.25, 0.3) is 0 Å². The van der Waals surface area contributed by atoms with Gasteiger partial charge in [0, 0.05) is 18.4 Å². The van der Waals surface area contributed by atoms with Gasteiger partial charge in [-0.25, -0.2) is 0 Å². The molecule has 2 N–H and O–H groups in total. The van der Waals surface area contributed by atoms with E-state index in [2.05, 4.69) is 10.3 Å². The van der Waals surface area contributed by atoms with Crippen LogP contribution in [-0.4, -0.2) is 21.6 Å². The van der Waals surface area contributed by atoms with Crippen LogP contribution in [0.5, 0.6) is 0 Å². The smallest absolute Gasteiger partial charge is 0.323 e. The van der Waals surface area contributed by atoms with Crippen LogP contribution in [-0.2, 0) is 4.79 Å². The molecule has 17 heavy (non-hydrogen) atoms. The van der Waals surface area contributed by atoms with E-state index >= 15 is 0 Å². The summed E-state index contributed by atoms with van der Waals surface area (Å²) < 4.78 is 0. The fourth-order valence-electron chi connectivity index (χ4n) is 1.95. The zero-order valence-corrected chi connectivity index (χ0v) is 10.6. The Hall–Kier alpha value is -1.42. The summed E-state index contributed by atoms with van der Waals surface area (Å²) in [6.07, 6.45) is 4.59. The number of hydrogen-bond acceptors (Lipinski definition) is 3. The minimum absolute atomic E-state index is 0.0281. The Bertz CT molecular complexity index is 361. The molecule has 1 aromatic heterocycles. The van der Waals surface area contributed by atoms with Gasteiger partial charge >= 0.3 is 5.97 Å². The van der Waals surface area contributed by atoms with Crippen molar-refractivity contribution >= 4 is 5.97 Å². The van der Waals surface area contributed by atoms with Crippen molar-refractivity contribution in [3.8, 4) is 0 Å². The first-order chi connectivity index (χ1) is 8.05. The summed E-state index contributed by atoms with van der Waals surface area (Å²) in [6, 6.07) is 3.77. The number of aliphatic carboxylic acids is 1. The van der Waals surface area contributed by atoms with E-state index in [4.69, 9.17) is 0 Å². The second-order valence-electron chi connectivity index (χ2n) is 4.25. The normalized spacial score (nSPS) is 13.4. The minimum atomic E-state index is -0.852. The van der Waals surface area contributed by atoms with E-state index < -0.39 is 11.5 Å². The summed E-state index contributed by atoms with van der Waals surface area (Å²) in [5.74, 6) is -0.793. The van der Waals surface area contributed by atoms with Gasteiger partial charge in [-0.05, 0) is 31.4 Å². The molecule has 1 heterocycles. The van der Waals surface area contributed by atoms with Crippen molar-refractivity contribution in [2.24, 2.45) is 0 Å². The number of pyridine rings is 1. The van der Waals surface area contributed by atoms with Gasteiger partial charge in [0.1, 0.15) is 5.54 Å². The quantitative estimate of drug-likeness (QED) is 0.796. The summed E-state index contributed by atoms with van der Waals surface area (Å²) in [5, 5.41) is 12.5. The van der Waals surface area contributed by atoms with Gasteiger partial charge < -0.3 is 5.11 Å². The third-order valence-electron chi connectivity index (χ3n) is 3.29. The first-order valence-corrected chi connectivity index (χ1v) is 5.96. The van der Waals surface area contributed by atoms with Gasteiger partial charge in [-0.3, -0.25) is 15.1 Å². The molecule has 4 nitrogen and oxygen atoms in total. The molecule has 1 rings (SSSR count). The highest BCUT2D eigenvalue weighted by molar-refractivity contribution is 5.78. The van der Waals surface area contributed by atoms with Crippen molar-refractivity contribution < 1.29 is 9.90 Å². The Morgan fingerprint density at radius 3 is 2.59 bits per heavy atom. The van der Waals surface area contributed by atoms with E-state index in [9.17, 15) is 9.90 Å². The van der Waals surface area contributed by atoms with Crippen LogP contribution in [0.4, 0.5) is 0 Å². The summed E-state index contributed by atoms with van der Waals surface area (Å²) in [5.41, 5.74) is 0.148. The van der Waals surface area contributed by atoms with Crippen LogP contribution in [0.25, 0.3) is 0 Å². The van der Waals surface area contributed by atoms with Crippen LogP contribution in [0, 0.1) is 0 Å². The summed E-state index contributed by atoms with van der Waals surface area (Å²) in [6.45, 7) is 5.74. The van der Waals surface area contributed by atoms with Crippen LogP contribution >= 0.6 is 0 Å². The molecule has 0 aliphatic heterocycles. The monoisotopic (exact) mass is 236 g/mol. The number of nitrogens with one attached hydrogen (secondary N) is 1. The number of carboxylic acid groups (broad SMARTS) is 1. The molecule has 0 aliphatic rings. The van der Waals surface area contributed by atoms with E-state index in [1.165, 1.54) is 0 Å². The molecule has 0 aromatic carbocycles. The van der Waals surface area contributed by atoms with Crippen molar-refractivity contribution in [3.63, 3.8) is 0 Å². The second-order valence-corrected chi connectivity index (χ2v) is 4.25. The Morgan fingerprint density at radius 2 is 2.18 bits per heavy atom. The number of carboxylic acids is 1. The molecular weight excluding hydrogens is 216 g/mol. The van der Waals surface area contributed by atoms with Crippen LogP contribution in [0.2, 0.25) is 0 Å². The molecule has 0 fully saturated rings.